The number of hydrogen-bond acceptors (Lipinski definition) is 4. The summed E-state index contributed by atoms with van der Waals surface area (Å²) in [4.78, 5) is 11.5. The fraction of sp³-hybridized carbons (Fsp3) is 0.333. The summed E-state index contributed by atoms with van der Waals surface area (Å²) in [7, 11) is 1.19. The molecule has 0 aliphatic rings. The highest BCUT2D eigenvalue weighted by Gasteiger charge is 2.20. The molecule has 0 unspecified atom stereocenters. The van der Waals surface area contributed by atoms with E-state index in [1.807, 2.05) is 0 Å². The fourth-order valence-corrected chi connectivity index (χ4v) is 1.59. The van der Waals surface area contributed by atoms with Gasteiger partial charge in [-0.05, 0) is 18.6 Å². The van der Waals surface area contributed by atoms with Crippen LogP contribution in [-0.2, 0) is 11.2 Å². The molecule has 0 N–H and O–H groups in total. The SMILES string of the molecule is CCc1c(C(=O)OC)ccc(C#N)c1OC(F)F. The Hall–Kier alpha value is -2.16. The number of benzene rings is 1. The molecule has 18 heavy (non-hydrogen) atoms. The second kappa shape index (κ2) is 5.96. The van der Waals surface area contributed by atoms with Gasteiger partial charge in [-0.3, -0.25) is 0 Å². The van der Waals surface area contributed by atoms with Crippen molar-refractivity contribution in [1.82, 2.24) is 0 Å². The molecule has 4 nitrogen and oxygen atoms in total. The van der Waals surface area contributed by atoms with E-state index in [0.717, 1.165) is 0 Å². The Morgan fingerprint density at radius 1 is 1.50 bits per heavy atom. The molecule has 0 saturated carbocycles. The predicted octanol–water partition coefficient (Wildman–Crippen LogP) is 2.51. The maximum atomic E-state index is 12.3. The van der Waals surface area contributed by atoms with Crippen LogP contribution in [0.2, 0.25) is 0 Å². The van der Waals surface area contributed by atoms with Crippen molar-refractivity contribution in [3.8, 4) is 11.8 Å². The average molecular weight is 255 g/mol. The molecule has 0 atom stereocenters. The molecule has 96 valence electrons. The van der Waals surface area contributed by atoms with Crippen LogP contribution in [0.4, 0.5) is 8.78 Å². The molecule has 0 bridgehead atoms. The van der Waals surface area contributed by atoms with Crippen molar-refractivity contribution in [2.24, 2.45) is 0 Å². The molecular formula is C12H11F2NO3. The summed E-state index contributed by atoms with van der Waals surface area (Å²) in [5.74, 6) is -0.923. The quantitative estimate of drug-likeness (QED) is 0.775. The monoisotopic (exact) mass is 255 g/mol. The van der Waals surface area contributed by atoms with Crippen molar-refractivity contribution >= 4 is 5.97 Å². The minimum atomic E-state index is -3.06. The van der Waals surface area contributed by atoms with Crippen LogP contribution >= 0.6 is 0 Å². The first-order chi connectivity index (χ1) is 8.54. The van der Waals surface area contributed by atoms with E-state index in [9.17, 15) is 13.6 Å². The third kappa shape index (κ3) is 2.74. The van der Waals surface area contributed by atoms with E-state index in [4.69, 9.17) is 5.26 Å². The van der Waals surface area contributed by atoms with Gasteiger partial charge >= 0.3 is 12.6 Å². The Bertz CT molecular complexity index is 495. The molecule has 0 aromatic heterocycles. The van der Waals surface area contributed by atoms with E-state index < -0.39 is 12.6 Å². The van der Waals surface area contributed by atoms with E-state index in [1.165, 1.54) is 19.2 Å². The maximum Gasteiger partial charge on any atom is 0.387 e. The second-order valence-corrected chi connectivity index (χ2v) is 3.30. The van der Waals surface area contributed by atoms with Gasteiger partial charge in [0, 0.05) is 5.56 Å². The lowest BCUT2D eigenvalue weighted by Gasteiger charge is -2.14. The Morgan fingerprint density at radius 2 is 2.17 bits per heavy atom. The van der Waals surface area contributed by atoms with Crippen LogP contribution in [0.3, 0.4) is 0 Å². The van der Waals surface area contributed by atoms with Gasteiger partial charge in [-0.2, -0.15) is 14.0 Å². The van der Waals surface area contributed by atoms with Crippen LogP contribution in [0.15, 0.2) is 12.1 Å². The standard InChI is InChI=1S/C12H11F2NO3/c1-3-8-9(11(16)17-2)5-4-7(6-15)10(8)18-12(13)14/h4-5,12H,3H2,1-2H3. The number of carbonyl (C=O) groups excluding carboxylic acids is 1. The highest BCUT2D eigenvalue weighted by Crippen LogP contribution is 2.29. The minimum Gasteiger partial charge on any atom is -0.465 e. The lowest BCUT2D eigenvalue weighted by Crippen LogP contribution is -2.11. The number of nitrogens with zero attached hydrogens (tertiary/aromatic N) is 1. The normalized spacial score (nSPS) is 10.0. The van der Waals surface area contributed by atoms with Gasteiger partial charge < -0.3 is 9.47 Å². The van der Waals surface area contributed by atoms with Crippen molar-refractivity contribution in [2.75, 3.05) is 7.11 Å². The molecule has 0 spiro atoms. The number of ether oxygens (including phenoxy) is 2. The molecule has 0 aliphatic heterocycles. The number of hydrogen-bond donors (Lipinski definition) is 0. The molecule has 1 aromatic rings. The first-order valence-electron chi connectivity index (χ1n) is 5.14. The number of alkyl halides is 2. The number of rotatable bonds is 4. The van der Waals surface area contributed by atoms with E-state index >= 15 is 0 Å². The van der Waals surface area contributed by atoms with E-state index in [-0.39, 0.29) is 28.9 Å². The van der Waals surface area contributed by atoms with Crippen LogP contribution in [0.25, 0.3) is 0 Å². The van der Waals surface area contributed by atoms with E-state index in [1.54, 1.807) is 13.0 Å². The van der Waals surface area contributed by atoms with Crippen LogP contribution in [0, 0.1) is 11.3 Å². The zero-order chi connectivity index (χ0) is 13.7. The number of halogens is 2. The highest BCUT2D eigenvalue weighted by atomic mass is 19.3. The fourth-order valence-electron chi connectivity index (χ4n) is 1.59. The Labute approximate surface area is 103 Å². The van der Waals surface area contributed by atoms with Gasteiger partial charge in [0.05, 0.1) is 18.2 Å². The van der Waals surface area contributed by atoms with Crippen molar-refractivity contribution in [3.05, 3.63) is 28.8 Å². The van der Waals surface area contributed by atoms with Gasteiger partial charge in [-0.15, -0.1) is 0 Å². The smallest absolute Gasteiger partial charge is 0.387 e. The number of methoxy groups -OCH3 is 1. The molecule has 1 rings (SSSR count). The third-order valence-corrected chi connectivity index (χ3v) is 2.35. The van der Waals surface area contributed by atoms with Gasteiger partial charge in [0.2, 0.25) is 0 Å². The van der Waals surface area contributed by atoms with Crippen LogP contribution in [0.1, 0.15) is 28.4 Å². The average Bonchev–Trinajstić information content (AvgIpc) is 2.36. The highest BCUT2D eigenvalue weighted by molar-refractivity contribution is 5.92. The topological polar surface area (TPSA) is 59.3 Å². The Kier molecular flexibility index (Phi) is 4.60. The zero-order valence-electron chi connectivity index (χ0n) is 9.87. The van der Waals surface area contributed by atoms with Crippen molar-refractivity contribution in [3.63, 3.8) is 0 Å². The second-order valence-electron chi connectivity index (χ2n) is 3.30. The summed E-state index contributed by atoms with van der Waals surface area (Å²) < 4.78 is 33.5. The lowest BCUT2D eigenvalue weighted by molar-refractivity contribution is -0.0507. The largest absolute Gasteiger partial charge is 0.465 e. The molecule has 1 aromatic carbocycles. The summed E-state index contributed by atoms with van der Waals surface area (Å²) in [6, 6.07) is 4.37. The van der Waals surface area contributed by atoms with E-state index in [2.05, 4.69) is 9.47 Å². The van der Waals surface area contributed by atoms with Gasteiger partial charge in [0.15, 0.2) is 0 Å². The molecule has 0 heterocycles. The number of carbonyl (C=O) groups is 1. The van der Waals surface area contributed by atoms with Gasteiger partial charge in [-0.1, -0.05) is 6.92 Å². The van der Waals surface area contributed by atoms with Crippen LogP contribution in [-0.4, -0.2) is 19.7 Å². The van der Waals surface area contributed by atoms with Gasteiger partial charge in [0.25, 0.3) is 0 Å². The zero-order valence-corrected chi connectivity index (χ0v) is 9.87. The first-order valence-corrected chi connectivity index (χ1v) is 5.14. The van der Waals surface area contributed by atoms with E-state index in [0.29, 0.717) is 0 Å². The Balaban J connectivity index is 3.42. The molecule has 0 amide bonds. The molecule has 0 fully saturated rings. The molecule has 0 saturated heterocycles. The van der Waals surface area contributed by atoms with Crippen molar-refractivity contribution in [1.29, 1.82) is 5.26 Å². The maximum absolute atomic E-state index is 12.3. The Morgan fingerprint density at radius 3 is 2.61 bits per heavy atom. The number of esters is 1. The summed E-state index contributed by atoms with van der Waals surface area (Å²) in [6.45, 7) is -1.39. The van der Waals surface area contributed by atoms with Crippen LogP contribution in [0.5, 0.6) is 5.75 Å². The van der Waals surface area contributed by atoms with Crippen molar-refractivity contribution < 1.29 is 23.0 Å². The first kappa shape index (κ1) is 13.9. The third-order valence-electron chi connectivity index (χ3n) is 2.35. The minimum absolute atomic E-state index is 0.0418. The summed E-state index contributed by atoms with van der Waals surface area (Å²) in [5.41, 5.74) is 0.315. The molecule has 0 radical (unpaired) electrons. The lowest BCUT2D eigenvalue weighted by atomic mass is 10.0. The van der Waals surface area contributed by atoms with Gasteiger partial charge in [0.1, 0.15) is 11.8 Å². The van der Waals surface area contributed by atoms with Crippen molar-refractivity contribution in [2.45, 2.75) is 20.0 Å². The number of nitriles is 1. The predicted molar refractivity (Wildman–Crippen MR) is 58.5 cm³/mol. The molecule has 6 heteroatoms. The van der Waals surface area contributed by atoms with Crippen LogP contribution < -0.4 is 4.74 Å². The molecular weight excluding hydrogens is 244 g/mol. The summed E-state index contributed by atoms with van der Waals surface area (Å²) >= 11 is 0. The summed E-state index contributed by atoms with van der Waals surface area (Å²) in [5, 5.41) is 8.85. The summed E-state index contributed by atoms with van der Waals surface area (Å²) in [6.07, 6.45) is 0.266. The molecule has 0 aliphatic carbocycles. The van der Waals surface area contributed by atoms with Gasteiger partial charge in [-0.25, -0.2) is 4.79 Å².